The number of amides is 2. The van der Waals surface area contributed by atoms with Gasteiger partial charge < -0.3 is 15.1 Å². The highest BCUT2D eigenvalue weighted by Crippen LogP contribution is 2.43. The zero-order valence-corrected chi connectivity index (χ0v) is 15.9. The monoisotopic (exact) mass is 344 g/mol. The minimum Gasteiger partial charge on any atom is -0.338 e. The van der Waals surface area contributed by atoms with Crippen LogP contribution in [0.1, 0.15) is 18.9 Å². The first-order chi connectivity index (χ1) is 12.0. The lowest BCUT2D eigenvalue weighted by Gasteiger charge is -2.32. The number of hydrogen-bond acceptors (Lipinski definition) is 3. The van der Waals surface area contributed by atoms with Gasteiger partial charge in [0.15, 0.2) is 0 Å². The SMILES string of the molecule is CCCNC(=O)N1C[C@H]2CN(Cc3ccccc3)C[C@@]2(CN(C)C)C1. The fraction of sp³-hybridized carbons (Fsp3) is 0.650. The van der Waals surface area contributed by atoms with Gasteiger partial charge in [-0.15, -0.1) is 0 Å². The van der Waals surface area contributed by atoms with E-state index in [1.807, 2.05) is 4.90 Å². The average molecular weight is 345 g/mol. The summed E-state index contributed by atoms with van der Waals surface area (Å²) < 4.78 is 0. The molecule has 2 saturated heterocycles. The highest BCUT2D eigenvalue weighted by Gasteiger charge is 2.53. The smallest absolute Gasteiger partial charge is 0.317 e. The molecule has 1 aromatic rings. The van der Waals surface area contributed by atoms with Crippen LogP contribution in [0.15, 0.2) is 30.3 Å². The van der Waals surface area contributed by atoms with Gasteiger partial charge in [-0.3, -0.25) is 4.90 Å². The highest BCUT2D eigenvalue weighted by molar-refractivity contribution is 5.74. The predicted molar refractivity (Wildman–Crippen MR) is 101 cm³/mol. The summed E-state index contributed by atoms with van der Waals surface area (Å²) in [6, 6.07) is 10.8. The van der Waals surface area contributed by atoms with Crippen molar-refractivity contribution in [2.45, 2.75) is 19.9 Å². The van der Waals surface area contributed by atoms with E-state index in [1.54, 1.807) is 0 Å². The zero-order valence-electron chi connectivity index (χ0n) is 15.9. The van der Waals surface area contributed by atoms with Gasteiger partial charge in [-0.2, -0.15) is 0 Å². The molecule has 0 aromatic heterocycles. The van der Waals surface area contributed by atoms with E-state index in [4.69, 9.17) is 0 Å². The normalized spacial score (nSPS) is 26.2. The Kier molecular flexibility index (Phi) is 5.64. The third kappa shape index (κ3) is 4.15. The molecule has 2 aliphatic heterocycles. The van der Waals surface area contributed by atoms with Crippen LogP contribution in [0.2, 0.25) is 0 Å². The van der Waals surface area contributed by atoms with Crippen molar-refractivity contribution in [1.82, 2.24) is 20.0 Å². The average Bonchev–Trinajstić information content (AvgIpc) is 3.05. The van der Waals surface area contributed by atoms with Gasteiger partial charge >= 0.3 is 6.03 Å². The van der Waals surface area contributed by atoms with E-state index in [2.05, 4.69) is 66.5 Å². The Hall–Kier alpha value is -1.59. The van der Waals surface area contributed by atoms with Gasteiger partial charge in [0.1, 0.15) is 0 Å². The van der Waals surface area contributed by atoms with Gasteiger partial charge in [0.05, 0.1) is 0 Å². The van der Waals surface area contributed by atoms with Crippen molar-refractivity contribution < 1.29 is 4.79 Å². The number of carbonyl (C=O) groups excluding carboxylic acids is 1. The maximum atomic E-state index is 12.4. The Morgan fingerprint density at radius 3 is 2.68 bits per heavy atom. The first-order valence-electron chi connectivity index (χ1n) is 9.46. The van der Waals surface area contributed by atoms with Gasteiger partial charge in [-0.1, -0.05) is 37.3 Å². The molecule has 2 aliphatic rings. The number of benzene rings is 1. The molecule has 5 nitrogen and oxygen atoms in total. The van der Waals surface area contributed by atoms with Crippen molar-refractivity contribution >= 4 is 6.03 Å². The molecule has 0 unspecified atom stereocenters. The fourth-order valence-electron chi connectivity index (χ4n) is 4.60. The van der Waals surface area contributed by atoms with Gasteiger partial charge in [0.2, 0.25) is 0 Å². The molecule has 25 heavy (non-hydrogen) atoms. The van der Waals surface area contributed by atoms with Crippen LogP contribution >= 0.6 is 0 Å². The molecule has 2 amide bonds. The van der Waals surface area contributed by atoms with Crippen molar-refractivity contribution in [3.05, 3.63) is 35.9 Å². The topological polar surface area (TPSA) is 38.8 Å². The van der Waals surface area contributed by atoms with E-state index in [9.17, 15) is 4.79 Å². The maximum Gasteiger partial charge on any atom is 0.317 e. The Morgan fingerprint density at radius 1 is 1.24 bits per heavy atom. The molecule has 0 radical (unpaired) electrons. The molecule has 1 aromatic carbocycles. The van der Waals surface area contributed by atoms with Crippen molar-refractivity contribution in [2.24, 2.45) is 11.3 Å². The molecule has 0 saturated carbocycles. The minimum absolute atomic E-state index is 0.115. The summed E-state index contributed by atoms with van der Waals surface area (Å²) in [5.74, 6) is 0.561. The second-order valence-corrected chi connectivity index (χ2v) is 8.06. The molecular formula is C20H32N4O. The van der Waals surface area contributed by atoms with Crippen LogP contribution in [0.25, 0.3) is 0 Å². The van der Waals surface area contributed by atoms with Crippen LogP contribution in [0, 0.1) is 11.3 Å². The molecule has 3 rings (SSSR count). The first kappa shape index (κ1) is 18.2. The van der Waals surface area contributed by atoms with E-state index in [-0.39, 0.29) is 11.4 Å². The number of urea groups is 1. The zero-order chi connectivity index (χ0) is 17.9. The predicted octanol–water partition coefficient (Wildman–Crippen LogP) is 2.10. The number of likely N-dealkylation sites (tertiary alicyclic amines) is 2. The molecule has 138 valence electrons. The molecule has 2 heterocycles. The standard InChI is InChI=1S/C20H32N4O/c1-4-10-21-19(25)24-13-18-12-23(11-17-8-6-5-7-9-17)15-20(18,16-24)14-22(2)3/h5-9,18H,4,10-16H2,1-3H3,(H,21,25)/t18-,20+/m1/s1. The Labute approximate surface area is 152 Å². The summed E-state index contributed by atoms with van der Waals surface area (Å²) >= 11 is 0. The molecule has 0 bridgehead atoms. The van der Waals surface area contributed by atoms with Crippen molar-refractivity contribution in [1.29, 1.82) is 0 Å². The minimum atomic E-state index is 0.115. The third-order valence-electron chi connectivity index (χ3n) is 5.52. The molecule has 2 fully saturated rings. The van der Waals surface area contributed by atoms with Gasteiger partial charge in [-0.05, 0) is 32.0 Å². The lowest BCUT2D eigenvalue weighted by molar-refractivity contribution is 0.162. The first-order valence-corrected chi connectivity index (χ1v) is 9.46. The Bertz CT molecular complexity index is 576. The lowest BCUT2D eigenvalue weighted by Crippen LogP contribution is -2.45. The van der Waals surface area contributed by atoms with E-state index in [1.165, 1.54) is 5.56 Å². The highest BCUT2D eigenvalue weighted by atomic mass is 16.2. The number of fused-ring (bicyclic) bond motifs is 1. The number of carbonyl (C=O) groups is 1. The van der Waals surface area contributed by atoms with Crippen LogP contribution in [0.5, 0.6) is 0 Å². The third-order valence-corrected chi connectivity index (χ3v) is 5.52. The van der Waals surface area contributed by atoms with Crippen molar-refractivity contribution in [3.8, 4) is 0 Å². The van der Waals surface area contributed by atoms with Gasteiger partial charge in [0, 0.05) is 51.2 Å². The molecular weight excluding hydrogens is 312 g/mol. The van der Waals surface area contributed by atoms with Crippen molar-refractivity contribution in [2.75, 3.05) is 53.4 Å². The molecule has 2 atom stereocenters. The molecule has 0 spiro atoms. The quantitative estimate of drug-likeness (QED) is 0.859. The van der Waals surface area contributed by atoms with E-state index < -0.39 is 0 Å². The summed E-state index contributed by atoms with van der Waals surface area (Å²) in [6.07, 6.45) is 0.983. The summed E-state index contributed by atoms with van der Waals surface area (Å²) in [6.45, 7) is 8.82. The van der Waals surface area contributed by atoms with Crippen LogP contribution in [0.4, 0.5) is 4.79 Å². The van der Waals surface area contributed by atoms with Crippen LogP contribution < -0.4 is 5.32 Å². The molecule has 0 aliphatic carbocycles. The Morgan fingerprint density at radius 2 is 2.00 bits per heavy atom. The van der Waals surface area contributed by atoms with Crippen molar-refractivity contribution in [3.63, 3.8) is 0 Å². The number of nitrogens with zero attached hydrogens (tertiary/aromatic N) is 3. The fourth-order valence-corrected chi connectivity index (χ4v) is 4.60. The summed E-state index contributed by atoms with van der Waals surface area (Å²) in [7, 11) is 4.29. The molecule has 5 heteroatoms. The van der Waals surface area contributed by atoms with E-state index >= 15 is 0 Å². The Balaban J connectivity index is 1.67. The number of hydrogen-bond donors (Lipinski definition) is 1. The number of rotatable bonds is 6. The second kappa shape index (κ2) is 7.75. The van der Waals surface area contributed by atoms with Gasteiger partial charge in [-0.25, -0.2) is 4.79 Å². The number of nitrogens with one attached hydrogen (secondary N) is 1. The summed E-state index contributed by atoms with van der Waals surface area (Å²) in [5, 5.41) is 3.04. The lowest BCUT2D eigenvalue weighted by atomic mass is 9.80. The van der Waals surface area contributed by atoms with Gasteiger partial charge in [0.25, 0.3) is 0 Å². The largest absolute Gasteiger partial charge is 0.338 e. The second-order valence-electron chi connectivity index (χ2n) is 8.06. The van der Waals surface area contributed by atoms with Crippen LogP contribution in [-0.4, -0.2) is 74.1 Å². The molecule has 1 N–H and O–H groups in total. The van der Waals surface area contributed by atoms with Crippen LogP contribution in [-0.2, 0) is 6.54 Å². The van der Waals surface area contributed by atoms with E-state index in [0.29, 0.717) is 5.92 Å². The summed E-state index contributed by atoms with van der Waals surface area (Å²) in [4.78, 5) is 19.3. The van der Waals surface area contributed by atoms with Crippen LogP contribution in [0.3, 0.4) is 0 Å². The maximum absolute atomic E-state index is 12.4. The summed E-state index contributed by atoms with van der Waals surface area (Å²) in [5.41, 5.74) is 1.57. The van der Waals surface area contributed by atoms with E-state index in [0.717, 1.165) is 52.2 Å².